The number of carbonyl (C=O) groups is 1. The molecular weight excluding hydrogens is 230 g/mol. The van der Waals surface area contributed by atoms with E-state index >= 15 is 0 Å². The molecule has 0 bridgehead atoms. The van der Waals surface area contributed by atoms with Gasteiger partial charge in [-0.2, -0.15) is 0 Å². The highest BCUT2D eigenvalue weighted by atomic mass is 16.5. The second-order valence-electron chi connectivity index (χ2n) is 4.56. The number of carboxylic acids is 1. The summed E-state index contributed by atoms with van der Waals surface area (Å²) < 4.78 is 7.22. The van der Waals surface area contributed by atoms with Gasteiger partial charge in [0.25, 0.3) is 0 Å². The van der Waals surface area contributed by atoms with Crippen molar-refractivity contribution in [2.45, 2.75) is 13.3 Å². The van der Waals surface area contributed by atoms with Gasteiger partial charge in [-0.25, -0.2) is 0 Å². The van der Waals surface area contributed by atoms with E-state index in [0.29, 0.717) is 6.42 Å². The smallest absolute Gasteiger partial charge is 0.306 e. The lowest BCUT2D eigenvalue weighted by molar-refractivity contribution is -0.141. The van der Waals surface area contributed by atoms with Gasteiger partial charge in [-0.15, -0.1) is 0 Å². The van der Waals surface area contributed by atoms with E-state index in [1.807, 2.05) is 35.9 Å². The van der Waals surface area contributed by atoms with E-state index in [-0.39, 0.29) is 5.92 Å². The van der Waals surface area contributed by atoms with Gasteiger partial charge in [0.1, 0.15) is 5.75 Å². The molecule has 0 fully saturated rings. The van der Waals surface area contributed by atoms with Crippen molar-refractivity contribution >= 4 is 16.9 Å². The molecule has 0 aliphatic rings. The van der Waals surface area contributed by atoms with E-state index in [1.54, 1.807) is 14.0 Å². The summed E-state index contributed by atoms with van der Waals surface area (Å²) in [4.78, 5) is 10.9. The van der Waals surface area contributed by atoms with Crippen LogP contribution in [0.2, 0.25) is 0 Å². The lowest BCUT2D eigenvalue weighted by Gasteiger charge is -2.08. The Hall–Kier alpha value is -1.97. The first kappa shape index (κ1) is 12.5. The topological polar surface area (TPSA) is 51.5 Å². The number of hydrogen-bond donors (Lipinski definition) is 1. The largest absolute Gasteiger partial charge is 0.497 e. The van der Waals surface area contributed by atoms with Gasteiger partial charge in [0.05, 0.1) is 18.5 Å². The summed E-state index contributed by atoms with van der Waals surface area (Å²) in [5.41, 5.74) is 2.08. The maximum atomic E-state index is 10.9. The van der Waals surface area contributed by atoms with Crippen LogP contribution in [0.5, 0.6) is 5.75 Å². The molecule has 4 nitrogen and oxygen atoms in total. The molecule has 96 valence electrons. The van der Waals surface area contributed by atoms with Crippen LogP contribution in [0.1, 0.15) is 12.6 Å². The quantitative estimate of drug-likeness (QED) is 0.902. The Balaban J connectivity index is 2.41. The number of nitrogens with zero attached hydrogens (tertiary/aromatic N) is 1. The van der Waals surface area contributed by atoms with E-state index in [9.17, 15) is 4.79 Å². The van der Waals surface area contributed by atoms with Crippen LogP contribution in [0, 0.1) is 5.92 Å². The molecule has 0 aliphatic heterocycles. The van der Waals surface area contributed by atoms with Gasteiger partial charge in [0.2, 0.25) is 0 Å². The fourth-order valence-corrected chi connectivity index (χ4v) is 2.09. The Labute approximate surface area is 106 Å². The molecule has 1 atom stereocenters. The lowest BCUT2D eigenvalue weighted by Crippen LogP contribution is -2.13. The number of rotatable bonds is 4. The highest BCUT2D eigenvalue weighted by Gasteiger charge is 2.15. The Morgan fingerprint density at radius 2 is 2.17 bits per heavy atom. The second kappa shape index (κ2) is 4.72. The minimum atomic E-state index is -0.766. The van der Waals surface area contributed by atoms with E-state index in [0.717, 1.165) is 22.3 Å². The third kappa shape index (κ3) is 2.18. The summed E-state index contributed by atoms with van der Waals surface area (Å²) >= 11 is 0. The summed E-state index contributed by atoms with van der Waals surface area (Å²) in [5, 5.41) is 10.1. The molecule has 1 unspecified atom stereocenters. The number of benzene rings is 1. The molecule has 1 aromatic carbocycles. The van der Waals surface area contributed by atoms with Gasteiger partial charge < -0.3 is 14.4 Å². The zero-order chi connectivity index (χ0) is 13.3. The normalized spacial score (nSPS) is 12.6. The maximum absolute atomic E-state index is 10.9. The number of ether oxygens (including phenoxy) is 1. The minimum Gasteiger partial charge on any atom is -0.497 e. The molecule has 4 heteroatoms. The first-order valence-corrected chi connectivity index (χ1v) is 5.88. The van der Waals surface area contributed by atoms with Gasteiger partial charge in [-0.05, 0) is 18.2 Å². The number of carboxylic acid groups (broad SMARTS) is 1. The lowest BCUT2D eigenvalue weighted by atomic mass is 10.1. The predicted molar refractivity (Wildman–Crippen MR) is 70.0 cm³/mol. The van der Waals surface area contributed by atoms with Gasteiger partial charge >= 0.3 is 5.97 Å². The van der Waals surface area contributed by atoms with Crippen molar-refractivity contribution < 1.29 is 14.6 Å². The van der Waals surface area contributed by atoms with E-state index < -0.39 is 5.97 Å². The van der Waals surface area contributed by atoms with Crippen LogP contribution in [0.3, 0.4) is 0 Å². The molecule has 1 heterocycles. The summed E-state index contributed by atoms with van der Waals surface area (Å²) in [6.07, 6.45) is 0.531. The monoisotopic (exact) mass is 247 g/mol. The third-order valence-corrected chi connectivity index (χ3v) is 3.29. The Morgan fingerprint density at radius 1 is 1.44 bits per heavy atom. The zero-order valence-electron chi connectivity index (χ0n) is 10.8. The second-order valence-corrected chi connectivity index (χ2v) is 4.56. The predicted octanol–water partition coefficient (Wildman–Crippen LogP) is 2.45. The molecule has 1 N–H and O–H groups in total. The van der Waals surface area contributed by atoms with Crippen LogP contribution < -0.4 is 4.74 Å². The summed E-state index contributed by atoms with van der Waals surface area (Å²) in [6, 6.07) is 7.90. The average molecular weight is 247 g/mol. The Kier molecular flexibility index (Phi) is 3.28. The standard InChI is InChI=1S/C14H17NO3/c1-9(14(16)17)6-11-7-10-4-5-12(18-3)8-13(10)15(11)2/h4-5,7-9H,6H2,1-3H3,(H,16,17). The summed E-state index contributed by atoms with van der Waals surface area (Å²) in [7, 11) is 3.59. The molecule has 0 saturated heterocycles. The number of aliphatic carboxylic acids is 1. The third-order valence-electron chi connectivity index (χ3n) is 3.29. The van der Waals surface area contributed by atoms with Crippen molar-refractivity contribution in [2.75, 3.05) is 7.11 Å². The van der Waals surface area contributed by atoms with Gasteiger partial charge in [0.15, 0.2) is 0 Å². The molecule has 0 spiro atoms. The number of fused-ring (bicyclic) bond motifs is 1. The van der Waals surface area contributed by atoms with E-state index in [2.05, 4.69) is 0 Å². The van der Waals surface area contributed by atoms with Crippen molar-refractivity contribution in [2.24, 2.45) is 13.0 Å². The molecule has 0 aliphatic carbocycles. The average Bonchev–Trinajstić information content (AvgIpc) is 2.66. The van der Waals surface area contributed by atoms with Crippen LogP contribution in [-0.4, -0.2) is 22.8 Å². The number of methoxy groups -OCH3 is 1. The van der Waals surface area contributed by atoms with Gasteiger partial charge in [-0.3, -0.25) is 4.79 Å². The fraction of sp³-hybridized carbons (Fsp3) is 0.357. The van der Waals surface area contributed by atoms with Crippen molar-refractivity contribution in [3.63, 3.8) is 0 Å². The minimum absolute atomic E-state index is 0.380. The first-order valence-electron chi connectivity index (χ1n) is 5.88. The van der Waals surface area contributed by atoms with Crippen LogP contribution >= 0.6 is 0 Å². The molecule has 2 aromatic rings. The van der Waals surface area contributed by atoms with E-state index in [1.165, 1.54) is 0 Å². The Bertz CT molecular complexity index is 586. The summed E-state index contributed by atoms with van der Waals surface area (Å²) in [6.45, 7) is 1.72. The number of aryl methyl sites for hydroxylation is 1. The highest BCUT2D eigenvalue weighted by molar-refractivity contribution is 5.83. The summed E-state index contributed by atoms with van der Waals surface area (Å²) in [5.74, 6) is -0.339. The molecule has 18 heavy (non-hydrogen) atoms. The van der Waals surface area contributed by atoms with Crippen molar-refractivity contribution in [3.8, 4) is 5.75 Å². The SMILES string of the molecule is COc1ccc2cc(CC(C)C(=O)O)n(C)c2c1. The van der Waals surface area contributed by atoms with Crippen molar-refractivity contribution in [3.05, 3.63) is 30.0 Å². The van der Waals surface area contributed by atoms with E-state index in [4.69, 9.17) is 9.84 Å². The molecular formula is C14H17NO3. The van der Waals surface area contributed by atoms with Crippen LogP contribution in [-0.2, 0) is 18.3 Å². The molecule has 2 rings (SSSR count). The van der Waals surface area contributed by atoms with Crippen molar-refractivity contribution in [1.82, 2.24) is 4.57 Å². The molecule has 0 amide bonds. The van der Waals surface area contributed by atoms with Gasteiger partial charge in [-0.1, -0.05) is 6.92 Å². The molecule has 0 saturated carbocycles. The Morgan fingerprint density at radius 3 is 2.78 bits per heavy atom. The zero-order valence-corrected chi connectivity index (χ0v) is 10.8. The van der Waals surface area contributed by atoms with Crippen molar-refractivity contribution in [1.29, 1.82) is 0 Å². The number of aromatic nitrogens is 1. The first-order chi connectivity index (χ1) is 8.52. The molecule has 1 aromatic heterocycles. The fourth-order valence-electron chi connectivity index (χ4n) is 2.09. The maximum Gasteiger partial charge on any atom is 0.306 e. The highest BCUT2D eigenvalue weighted by Crippen LogP contribution is 2.25. The van der Waals surface area contributed by atoms with Crippen LogP contribution in [0.25, 0.3) is 10.9 Å². The van der Waals surface area contributed by atoms with Crippen LogP contribution in [0.15, 0.2) is 24.3 Å². The molecule has 0 radical (unpaired) electrons. The van der Waals surface area contributed by atoms with Gasteiger partial charge in [0, 0.05) is 30.6 Å². The number of hydrogen-bond acceptors (Lipinski definition) is 2. The van der Waals surface area contributed by atoms with Crippen LogP contribution in [0.4, 0.5) is 0 Å².